The lowest BCUT2D eigenvalue weighted by Crippen LogP contribution is -2.35. The van der Waals surface area contributed by atoms with Crippen molar-refractivity contribution in [2.24, 2.45) is 0 Å². The van der Waals surface area contributed by atoms with Gasteiger partial charge in [0, 0.05) is 27.8 Å². The van der Waals surface area contributed by atoms with Gasteiger partial charge in [-0.25, -0.2) is 0 Å². The average Bonchev–Trinajstić information content (AvgIpc) is 3.84. The molecule has 0 aliphatic carbocycles. The van der Waals surface area contributed by atoms with E-state index in [9.17, 15) is 4.79 Å². The van der Waals surface area contributed by atoms with Gasteiger partial charge in [-0.2, -0.15) is 0 Å². The first-order valence-electron chi connectivity index (χ1n) is 21.3. The molecule has 7 atom stereocenters. The molecule has 2 rings (SSSR count). The summed E-state index contributed by atoms with van der Waals surface area (Å²) in [6.45, 7) is 5.51. The number of ether oxygens (including phenoxy) is 9. The van der Waals surface area contributed by atoms with Crippen molar-refractivity contribution in [2.75, 3.05) is 48.3 Å². The number of carbonyl (C=O) groups excluding carboxylic acids is 1. The Hall–Kier alpha value is -0.850. The van der Waals surface area contributed by atoms with Crippen molar-refractivity contribution in [1.29, 1.82) is 0 Å². The van der Waals surface area contributed by atoms with Gasteiger partial charge in [-0.15, -0.1) is 0 Å². The maximum Gasteiger partial charge on any atom is 0.305 e. The third-order valence-corrected chi connectivity index (χ3v) is 10.7. The van der Waals surface area contributed by atoms with Crippen LogP contribution in [0.1, 0.15) is 174 Å². The molecule has 52 heavy (non-hydrogen) atoms. The lowest BCUT2D eigenvalue weighted by molar-refractivity contribution is -0.158. The Labute approximate surface area is 318 Å². The second-order valence-electron chi connectivity index (χ2n) is 15.0. The van der Waals surface area contributed by atoms with Crippen LogP contribution in [-0.2, 0) is 47.4 Å². The Morgan fingerprint density at radius 1 is 0.538 bits per heavy atom. The molecule has 2 heterocycles. The lowest BCUT2D eigenvalue weighted by atomic mass is 9.99. The summed E-state index contributed by atoms with van der Waals surface area (Å²) in [5.41, 5.74) is 0. The number of hydrogen-bond acceptors (Lipinski definition) is 10. The highest BCUT2D eigenvalue weighted by molar-refractivity contribution is 5.69. The summed E-state index contributed by atoms with van der Waals surface area (Å²) in [7, 11) is 5.05. The molecule has 0 N–H and O–H groups in total. The minimum atomic E-state index is -0.0770. The highest BCUT2D eigenvalue weighted by Gasteiger charge is 2.41. The fourth-order valence-electron chi connectivity index (χ4n) is 7.79. The molecule has 0 aromatic rings. The van der Waals surface area contributed by atoms with Crippen molar-refractivity contribution in [2.45, 2.75) is 217 Å². The molecule has 0 spiro atoms. The van der Waals surface area contributed by atoms with Gasteiger partial charge < -0.3 is 42.6 Å². The summed E-state index contributed by atoms with van der Waals surface area (Å²) >= 11 is 0. The Kier molecular flexibility index (Phi) is 29.5. The second-order valence-corrected chi connectivity index (χ2v) is 15.0. The molecule has 0 aromatic carbocycles. The van der Waals surface area contributed by atoms with Crippen LogP contribution in [0.3, 0.4) is 0 Å². The largest absolute Gasteiger partial charge is 0.466 e. The van der Waals surface area contributed by atoms with E-state index >= 15 is 0 Å². The number of hydrogen-bond donors (Lipinski definition) is 0. The van der Waals surface area contributed by atoms with E-state index in [-0.39, 0.29) is 55.5 Å². The minimum Gasteiger partial charge on any atom is -0.466 e. The zero-order valence-corrected chi connectivity index (χ0v) is 34.1. The van der Waals surface area contributed by atoms with Crippen LogP contribution in [0.4, 0.5) is 0 Å². The number of methoxy groups -OCH3 is 3. The van der Waals surface area contributed by atoms with Crippen LogP contribution >= 0.6 is 0 Å². The summed E-state index contributed by atoms with van der Waals surface area (Å²) in [6.07, 6.45) is 28.4. The van der Waals surface area contributed by atoms with Gasteiger partial charge in [-0.3, -0.25) is 4.79 Å². The van der Waals surface area contributed by atoms with Crippen LogP contribution < -0.4 is 0 Å². The van der Waals surface area contributed by atoms with Crippen LogP contribution in [0, 0.1) is 0 Å². The first-order chi connectivity index (χ1) is 25.6. The number of carbonyl (C=O) groups is 1. The van der Waals surface area contributed by atoms with E-state index in [1.54, 1.807) is 21.3 Å². The maximum absolute atomic E-state index is 11.5. The molecule has 308 valence electrons. The quantitative estimate of drug-likeness (QED) is 0.0350. The molecule has 2 aliphatic rings. The van der Waals surface area contributed by atoms with Crippen molar-refractivity contribution in [3.63, 3.8) is 0 Å². The number of unbranched alkanes of at least 4 members (excludes halogenated alkanes) is 13. The fraction of sp³-hybridized carbons (Fsp3) is 0.976. The van der Waals surface area contributed by atoms with E-state index in [2.05, 4.69) is 6.92 Å². The standard InChI is InChI=1S/C42H80O10/c1-6-8-9-10-11-12-16-19-25-36(49-33-45-4)38-28-30-40(51-38)41-31-29-39(52-41)37(50-34-46-5)26-22-21-24-35(48-32-44-3)23-18-15-13-14-17-20-27-42(43)47-7-2/h35-41H,6-34H2,1-5H3/t35-,36-,37-,38-,39-,40+,41-/m1/s1. The van der Waals surface area contributed by atoms with Crippen molar-refractivity contribution in [3.05, 3.63) is 0 Å². The number of esters is 1. The number of rotatable bonds is 36. The van der Waals surface area contributed by atoms with Crippen LogP contribution in [0.5, 0.6) is 0 Å². The van der Waals surface area contributed by atoms with Gasteiger partial charge in [0.25, 0.3) is 0 Å². The topological polar surface area (TPSA) is 100 Å². The van der Waals surface area contributed by atoms with Crippen LogP contribution in [-0.4, -0.2) is 97.0 Å². The summed E-state index contributed by atoms with van der Waals surface area (Å²) in [5, 5.41) is 0. The molecule has 0 aromatic heterocycles. The molecule has 0 radical (unpaired) electrons. The van der Waals surface area contributed by atoms with E-state index in [0.29, 0.717) is 26.6 Å². The summed E-state index contributed by atoms with van der Waals surface area (Å²) < 4.78 is 52.6. The minimum absolute atomic E-state index is 0.00378. The van der Waals surface area contributed by atoms with Gasteiger partial charge in [0.2, 0.25) is 0 Å². The lowest BCUT2D eigenvalue weighted by Gasteiger charge is -2.27. The molecule has 2 fully saturated rings. The van der Waals surface area contributed by atoms with Crippen molar-refractivity contribution >= 4 is 5.97 Å². The molecule has 0 bridgehead atoms. The van der Waals surface area contributed by atoms with Crippen molar-refractivity contribution in [1.82, 2.24) is 0 Å². The first kappa shape index (κ1) is 47.3. The fourth-order valence-corrected chi connectivity index (χ4v) is 7.79. The zero-order chi connectivity index (χ0) is 37.5. The van der Waals surface area contributed by atoms with Crippen LogP contribution in [0.2, 0.25) is 0 Å². The van der Waals surface area contributed by atoms with E-state index in [4.69, 9.17) is 42.6 Å². The van der Waals surface area contributed by atoms with Gasteiger partial charge in [-0.05, 0) is 64.7 Å². The molecule has 0 unspecified atom stereocenters. The van der Waals surface area contributed by atoms with E-state index < -0.39 is 0 Å². The summed E-state index contributed by atoms with van der Waals surface area (Å²) in [6, 6.07) is 0. The van der Waals surface area contributed by atoms with Gasteiger partial charge in [-0.1, -0.05) is 103 Å². The Bertz CT molecular complexity index is 816. The van der Waals surface area contributed by atoms with Crippen molar-refractivity contribution in [3.8, 4) is 0 Å². The monoisotopic (exact) mass is 745 g/mol. The maximum atomic E-state index is 11.5. The highest BCUT2D eigenvalue weighted by atomic mass is 16.7. The highest BCUT2D eigenvalue weighted by Crippen LogP contribution is 2.36. The van der Waals surface area contributed by atoms with Gasteiger partial charge in [0.1, 0.15) is 20.4 Å². The SMILES string of the molecule is CCCCCCCCCC[C@@H](OCOC)[C@H]1CC[C@@H]([C@H]2CC[C@H]([C@@H](CCCC[C@@H](CCCCCCCCC(=O)OCC)OCOC)OCOC)O2)O1. The van der Waals surface area contributed by atoms with E-state index in [1.165, 1.54) is 64.2 Å². The predicted octanol–water partition coefficient (Wildman–Crippen LogP) is 9.82. The normalized spacial score (nSPS) is 22.2. The Morgan fingerprint density at radius 2 is 0.962 bits per heavy atom. The Morgan fingerprint density at radius 3 is 1.46 bits per heavy atom. The summed E-state index contributed by atoms with van der Waals surface area (Å²) in [5.74, 6) is -0.0770. The molecule has 2 saturated heterocycles. The molecule has 10 nitrogen and oxygen atoms in total. The van der Waals surface area contributed by atoms with Gasteiger partial charge in [0.15, 0.2) is 0 Å². The third-order valence-electron chi connectivity index (χ3n) is 10.7. The third kappa shape index (κ3) is 21.9. The van der Waals surface area contributed by atoms with Gasteiger partial charge in [0.05, 0.1) is 49.3 Å². The predicted molar refractivity (Wildman–Crippen MR) is 205 cm³/mol. The Balaban J connectivity index is 1.72. The van der Waals surface area contributed by atoms with E-state index in [0.717, 1.165) is 89.9 Å². The van der Waals surface area contributed by atoms with Crippen LogP contribution in [0.15, 0.2) is 0 Å². The second kappa shape index (κ2) is 32.4. The average molecular weight is 745 g/mol. The molecule has 0 saturated carbocycles. The smallest absolute Gasteiger partial charge is 0.305 e. The van der Waals surface area contributed by atoms with Crippen molar-refractivity contribution < 1.29 is 47.4 Å². The van der Waals surface area contributed by atoms with Crippen LogP contribution in [0.25, 0.3) is 0 Å². The first-order valence-corrected chi connectivity index (χ1v) is 21.3. The van der Waals surface area contributed by atoms with Gasteiger partial charge >= 0.3 is 5.97 Å². The summed E-state index contributed by atoms with van der Waals surface area (Å²) in [4.78, 5) is 11.5. The van der Waals surface area contributed by atoms with E-state index in [1.807, 2.05) is 6.92 Å². The molecule has 10 heteroatoms. The molecular formula is C42H80O10. The zero-order valence-electron chi connectivity index (χ0n) is 34.1. The molecule has 0 amide bonds. The molecular weight excluding hydrogens is 664 g/mol. The molecule has 2 aliphatic heterocycles.